The minimum absolute atomic E-state index is 0.234. The van der Waals surface area contributed by atoms with Crippen LogP contribution in [0.2, 0.25) is 0 Å². The Labute approximate surface area is 109 Å². The molecule has 2 fully saturated rings. The van der Waals surface area contributed by atoms with Gasteiger partial charge in [-0.25, -0.2) is 0 Å². The van der Waals surface area contributed by atoms with E-state index < -0.39 is 0 Å². The summed E-state index contributed by atoms with van der Waals surface area (Å²) in [6.45, 7) is 4.28. The normalized spacial score (nSPS) is 25.9. The summed E-state index contributed by atoms with van der Waals surface area (Å²) in [6.07, 6.45) is 3.49. The number of rotatable bonds is 4. The molecule has 5 heteroatoms. The van der Waals surface area contributed by atoms with Gasteiger partial charge in [-0.15, -0.1) is 0 Å². The molecule has 2 aliphatic rings. The van der Waals surface area contributed by atoms with Crippen LogP contribution in [0.1, 0.15) is 19.3 Å². The van der Waals surface area contributed by atoms with Crippen molar-refractivity contribution in [2.75, 3.05) is 46.9 Å². The molecule has 2 heterocycles. The van der Waals surface area contributed by atoms with Crippen molar-refractivity contribution in [3.05, 3.63) is 0 Å². The van der Waals surface area contributed by atoms with Gasteiger partial charge >= 0.3 is 0 Å². The Hall–Kier alpha value is -0.650. The van der Waals surface area contributed by atoms with Crippen molar-refractivity contribution >= 4 is 5.91 Å². The van der Waals surface area contributed by atoms with Gasteiger partial charge < -0.3 is 15.0 Å². The van der Waals surface area contributed by atoms with Crippen molar-refractivity contribution in [2.45, 2.75) is 31.4 Å². The Morgan fingerprint density at radius 3 is 2.72 bits per heavy atom. The smallest absolute Gasteiger partial charge is 0.236 e. The molecule has 2 saturated heterocycles. The van der Waals surface area contributed by atoms with Gasteiger partial charge in [0.25, 0.3) is 0 Å². The number of nitrogens with one attached hydrogen (secondary N) is 1. The minimum atomic E-state index is 0.234. The Morgan fingerprint density at radius 1 is 1.39 bits per heavy atom. The van der Waals surface area contributed by atoms with E-state index in [0.29, 0.717) is 12.6 Å². The molecule has 0 aromatic heterocycles. The van der Waals surface area contributed by atoms with Gasteiger partial charge in [-0.2, -0.15) is 0 Å². The van der Waals surface area contributed by atoms with Gasteiger partial charge in [-0.05, 0) is 39.4 Å². The molecule has 1 unspecified atom stereocenters. The average molecular weight is 255 g/mol. The van der Waals surface area contributed by atoms with Crippen molar-refractivity contribution in [3.63, 3.8) is 0 Å². The average Bonchev–Trinajstić information content (AvgIpc) is 2.88. The van der Waals surface area contributed by atoms with E-state index in [2.05, 4.69) is 17.3 Å². The molecule has 0 aromatic carbocycles. The number of hydrogen-bond acceptors (Lipinski definition) is 4. The molecular weight excluding hydrogens is 230 g/mol. The molecule has 0 bridgehead atoms. The molecule has 5 nitrogen and oxygen atoms in total. The maximum Gasteiger partial charge on any atom is 0.236 e. The van der Waals surface area contributed by atoms with Crippen molar-refractivity contribution < 1.29 is 9.53 Å². The maximum atomic E-state index is 12.2. The third kappa shape index (κ3) is 3.43. The number of carbonyl (C=O) groups is 1. The molecule has 1 N–H and O–H groups in total. The summed E-state index contributed by atoms with van der Waals surface area (Å²) >= 11 is 0. The Bertz CT molecular complexity index is 279. The van der Waals surface area contributed by atoms with Crippen LogP contribution in [-0.4, -0.2) is 74.7 Å². The fraction of sp³-hybridized carbons (Fsp3) is 0.923. The molecule has 1 amide bonds. The first-order valence-corrected chi connectivity index (χ1v) is 6.92. The molecule has 1 atom stereocenters. The zero-order chi connectivity index (χ0) is 13.0. The third-order valence-corrected chi connectivity index (χ3v) is 4.15. The largest absolute Gasteiger partial charge is 0.380 e. The predicted octanol–water partition coefficient (Wildman–Crippen LogP) is -0.0825. The predicted molar refractivity (Wildman–Crippen MR) is 70.5 cm³/mol. The molecular formula is C13H25N3O2. The number of amides is 1. The third-order valence-electron chi connectivity index (χ3n) is 4.15. The van der Waals surface area contributed by atoms with Crippen LogP contribution in [0.3, 0.4) is 0 Å². The summed E-state index contributed by atoms with van der Waals surface area (Å²) in [6, 6.07) is 0.552. The fourth-order valence-corrected chi connectivity index (χ4v) is 2.84. The van der Waals surface area contributed by atoms with Gasteiger partial charge in [0, 0.05) is 26.2 Å². The minimum Gasteiger partial charge on any atom is -0.380 e. The Kier molecular flexibility index (Phi) is 4.97. The van der Waals surface area contributed by atoms with Crippen LogP contribution in [0.15, 0.2) is 0 Å². The zero-order valence-corrected chi connectivity index (χ0v) is 11.5. The molecule has 0 saturated carbocycles. The highest BCUT2D eigenvalue weighted by Crippen LogP contribution is 2.14. The van der Waals surface area contributed by atoms with Crippen LogP contribution >= 0.6 is 0 Å². The van der Waals surface area contributed by atoms with Crippen LogP contribution in [-0.2, 0) is 9.53 Å². The van der Waals surface area contributed by atoms with E-state index >= 15 is 0 Å². The number of hydrogen-bond donors (Lipinski definition) is 1. The van der Waals surface area contributed by atoms with E-state index in [9.17, 15) is 4.79 Å². The molecule has 18 heavy (non-hydrogen) atoms. The molecule has 2 aliphatic heterocycles. The van der Waals surface area contributed by atoms with E-state index in [0.717, 1.165) is 45.4 Å². The number of nitrogens with zero attached hydrogens (tertiary/aromatic N) is 2. The van der Waals surface area contributed by atoms with Crippen molar-refractivity contribution in [1.29, 1.82) is 0 Å². The summed E-state index contributed by atoms with van der Waals surface area (Å²) in [4.78, 5) is 16.3. The van der Waals surface area contributed by atoms with Crippen LogP contribution in [0.25, 0.3) is 0 Å². The zero-order valence-electron chi connectivity index (χ0n) is 11.5. The molecule has 0 aromatic rings. The van der Waals surface area contributed by atoms with Crippen LogP contribution in [0.5, 0.6) is 0 Å². The van der Waals surface area contributed by atoms with Crippen molar-refractivity contribution in [2.24, 2.45) is 0 Å². The molecule has 0 radical (unpaired) electrons. The summed E-state index contributed by atoms with van der Waals surface area (Å²) in [7, 11) is 3.79. The molecule has 0 spiro atoms. The van der Waals surface area contributed by atoms with E-state index in [1.807, 2.05) is 4.90 Å². The summed E-state index contributed by atoms with van der Waals surface area (Å²) in [5.74, 6) is 0.246. The monoisotopic (exact) mass is 255 g/mol. The summed E-state index contributed by atoms with van der Waals surface area (Å²) in [5, 5.41) is 3.35. The van der Waals surface area contributed by atoms with Crippen molar-refractivity contribution in [1.82, 2.24) is 15.1 Å². The lowest BCUT2D eigenvalue weighted by Crippen LogP contribution is -2.46. The Morgan fingerprint density at radius 2 is 2.11 bits per heavy atom. The van der Waals surface area contributed by atoms with Gasteiger partial charge in [0.05, 0.1) is 12.6 Å². The standard InChI is InChI=1S/C13H25N3O2/c1-15(11-3-6-14-7-4-11)10-13(17)16-8-5-12(9-16)18-2/h11-12,14H,3-10H2,1-2H3. The highest BCUT2D eigenvalue weighted by atomic mass is 16.5. The SMILES string of the molecule is COC1CCN(C(=O)CN(C)C2CCNCC2)C1. The lowest BCUT2D eigenvalue weighted by Gasteiger charge is -2.32. The van der Waals surface area contributed by atoms with Gasteiger partial charge in [-0.3, -0.25) is 9.69 Å². The highest BCUT2D eigenvalue weighted by Gasteiger charge is 2.28. The number of ether oxygens (including phenoxy) is 1. The second kappa shape index (κ2) is 6.50. The molecule has 0 aliphatic carbocycles. The second-order valence-electron chi connectivity index (χ2n) is 5.38. The van der Waals surface area contributed by atoms with Gasteiger partial charge in [0.1, 0.15) is 0 Å². The number of piperidine rings is 1. The highest BCUT2D eigenvalue weighted by molar-refractivity contribution is 5.78. The topological polar surface area (TPSA) is 44.8 Å². The van der Waals surface area contributed by atoms with Gasteiger partial charge in [0.2, 0.25) is 5.91 Å². The summed E-state index contributed by atoms with van der Waals surface area (Å²) in [5.41, 5.74) is 0. The van der Waals surface area contributed by atoms with E-state index in [-0.39, 0.29) is 12.0 Å². The van der Waals surface area contributed by atoms with Crippen LogP contribution in [0, 0.1) is 0 Å². The first-order valence-electron chi connectivity index (χ1n) is 6.92. The Balaban J connectivity index is 1.76. The van der Waals surface area contributed by atoms with E-state index in [1.54, 1.807) is 7.11 Å². The van der Waals surface area contributed by atoms with E-state index in [1.165, 1.54) is 0 Å². The quantitative estimate of drug-likeness (QED) is 0.763. The second-order valence-corrected chi connectivity index (χ2v) is 5.38. The lowest BCUT2D eigenvalue weighted by atomic mass is 10.1. The fourth-order valence-electron chi connectivity index (χ4n) is 2.84. The van der Waals surface area contributed by atoms with Crippen LogP contribution < -0.4 is 5.32 Å². The summed E-state index contributed by atoms with van der Waals surface area (Å²) < 4.78 is 5.30. The van der Waals surface area contributed by atoms with Gasteiger partial charge in [-0.1, -0.05) is 0 Å². The molecule has 2 rings (SSSR count). The van der Waals surface area contributed by atoms with E-state index in [4.69, 9.17) is 4.74 Å². The number of likely N-dealkylation sites (tertiary alicyclic amines) is 1. The van der Waals surface area contributed by atoms with Crippen molar-refractivity contribution in [3.8, 4) is 0 Å². The number of methoxy groups -OCH3 is 1. The lowest BCUT2D eigenvalue weighted by molar-refractivity contribution is -0.132. The first kappa shape index (κ1) is 13.8. The van der Waals surface area contributed by atoms with Gasteiger partial charge in [0.15, 0.2) is 0 Å². The number of carbonyl (C=O) groups excluding carboxylic acids is 1. The van der Waals surface area contributed by atoms with Crippen LogP contribution in [0.4, 0.5) is 0 Å². The first-order chi connectivity index (χ1) is 8.70. The maximum absolute atomic E-state index is 12.2. The molecule has 104 valence electrons. The number of likely N-dealkylation sites (N-methyl/N-ethyl adjacent to an activating group) is 1.